The monoisotopic (exact) mass is 233 g/mol. The highest BCUT2D eigenvalue weighted by atomic mass is 32.2. The molecule has 0 heterocycles. The average Bonchev–Trinajstić information content (AvgIpc) is 2.25. The van der Waals surface area contributed by atoms with Crippen LogP contribution in [0.15, 0.2) is 0 Å². The predicted octanol–water partition coefficient (Wildman–Crippen LogP) is 2.41. The van der Waals surface area contributed by atoms with E-state index in [2.05, 4.69) is 6.92 Å². The summed E-state index contributed by atoms with van der Waals surface area (Å²) in [6, 6.07) is 0. The molecule has 0 aromatic rings. The molecule has 4 heteroatoms. The number of rotatable bonds is 8. The van der Waals surface area contributed by atoms with Crippen LogP contribution in [0.25, 0.3) is 0 Å². The Bertz CT molecular complexity index is 181. The fourth-order valence-electron chi connectivity index (χ4n) is 1.46. The summed E-state index contributed by atoms with van der Waals surface area (Å²) >= 11 is 1.48. The Morgan fingerprint density at radius 1 is 1.33 bits per heavy atom. The van der Waals surface area contributed by atoms with Gasteiger partial charge in [-0.15, -0.1) is 11.8 Å². The third kappa shape index (κ3) is 5.54. The van der Waals surface area contributed by atoms with Crippen LogP contribution in [0.2, 0.25) is 0 Å². The van der Waals surface area contributed by atoms with Crippen molar-refractivity contribution in [2.75, 3.05) is 13.2 Å². The molecule has 3 N–H and O–H groups in total. The molecule has 3 nitrogen and oxygen atoms in total. The Kier molecular flexibility index (Phi) is 8.10. The van der Waals surface area contributed by atoms with Crippen LogP contribution in [-0.4, -0.2) is 33.2 Å². The average molecular weight is 233 g/mol. The highest BCUT2D eigenvalue weighted by Gasteiger charge is 2.29. The molecular weight excluding hydrogens is 210 g/mol. The van der Waals surface area contributed by atoms with Gasteiger partial charge in [0.2, 0.25) is 0 Å². The van der Waals surface area contributed by atoms with E-state index in [0.717, 1.165) is 25.7 Å². The van der Waals surface area contributed by atoms with Crippen molar-refractivity contribution in [3.63, 3.8) is 0 Å². The second-order valence-electron chi connectivity index (χ2n) is 3.80. The molecule has 0 amide bonds. The number of aliphatic hydroxyl groups is 2. The van der Waals surface area contributed by atoms with Crippen molar-refractivity contribution in [2.45, 2.75) is 50.7 Å². The van der Waals surface area contributed by atoms with Gasteiger partial charge in [-0.05, 0) is 25.7 Å². The highest BCUT2D eigenvalue weighted by Crippen LogP contribution is 2.35. The van der Waals surface area contributed by atoms with Gasteiger partial charge in [-0.1, -0.05) is 20.3 Å². The van der Waals surface area contributed by atoms with Crippen molar-refractivity contribution in [1.29, 1.82) is 5.41 Å². The van der Waals surface area contributed by atoms with Gasteiger partial charge in [0.05, 0.1) is 11.7 Å². The van der Waals surface area contributed by atoms with E-state index >= 15 is 0 Å². The van der Waals surface area contributed by atoms with Gasteiger partial charge >= 0.3 is 0 Å². The third-order valence-corrected chi connectivity index (χ3v) is 4.05. The van der Waals surface area contributed by atoms with Crippen molar-refractivity contribution in [1.82, 2.24) is 0 Å². The minimum Gasteiger partial charge on any atom is -0.396 e. The van der Waals surface area contributed by atoms with Gasteiger partial charge in [-0.2, -0.15) is 0 Å². The molecule has 0 aromatic carbocycles. The van der Waals surface area contributed by atoms with Crippen molar-refractivity contribution in [3.05, 3.63) is 0 Å². The van der Waals surface area contributed by atoms with E-state index < -0.39 is 0 Å². The van der Waals surface area contributed by atoms with E-state index in [1.165, 1.54) is 11.8 Å². The topological polar surface area (TPSA) is 64.3 Å². The Hall–Kier alpha value is -0.0600. The second-order valence-corrected chi connectivity index (χ2v) is 5.36. The molecule has 0 fully saturated rings. The van der Waals surface area contributed by atoms with Gasteiger partial charge in [-0.3, -0.25) is 5.41 Å². The van der Waals surface area contributed by atoms with Crippen molar-refractivity contribution >= 4 is 16.8 Å². The zero-order valence-electron chi connectivity index (χ0n) is 9.75. The van der Waals surface area contributed by atoms with Gasteiger partial charge in [0.15, 0.2) is 0 Å². The SMILES string of the molecule is CCCC(=N)SC(CC)(CO)CCCO. The first kappa shape index (κ1) is 14.9. The lowest BCUT2D eigenvalue weighted by Crippen LogP contribution is -2.30. The van der Waals surface area contributed by atoms with Crippen molar-refractivity contribution in [3.8, 4) is 0 Å². The van der Waals surface area contributed by atoms with Crippen LogP contribution in [0, 0.1) is 5.41 Å². The fraction of sp³-hybridized carbons (Fsp3) is 0.909. The lowest BCUT2D eigenvalue weighted by molar-refractivity contribution is 0.218. The molecule has 15 heavy (non-hydrogen) atoms. The van der Waals surface area contributed by atoms with Crippen LogP contribution in [0.3, 0.4) is 0 Å². The summed E-state index contributed by atoms with van der Waals surface area (Å²) in [7, 11) is 0. The van der Waals surface area contributed by atoms with Crippen LogP contribution in [-0.2, 0) is 0 Å². The number of nitrogens with one attached hydrogen (secondary N) is 1. The van der Waals surface area contributed by atoms with Gasteiger partial charge < -0.3 is 10.2 Å². The van der Waals surface area contributed by atoms with Gasteiger partial charge in [-0.25, -0.2) is 0 Å². The summed E-state index contributed by atoms with van der Waals surface area (Å²) < 4.78 is -0.255. The van der Waals surface area contributed by atoms with E-state index in [4.69, 9.17) is 10.5 Å². The van der Waals surface area contributed by atoms with Gasteiger partial charge in [0, 0.05) is 11.4 Å². The summed E-state index contributed by atoms with van der Waals surface area (Å²) in [4.78, 5) is 0. The summed E-state index contributed by atoms with van der Waals surface area (Å²) in [5, 5.41) is 26.7. The third-order valence-electron chi connectivity index (χ3n) is 2.54. The first-order valence-corrected chi connectivity index (χ1v) is 6.44. The largest absolute Gasteiger partial charge is 0.396 e. The lowest BCUT2D eigenvalue weighted by atomic mass is 10.0. The van der Waals surface area contributed by atoms with Crippen LogP contribution in [0.4, 0.5) is 0 Å². The Balaban J connectivity index is 4.27. The zero-order valence-corrected chi connectivity index (χ0v) is 10.6. The van der Waals surface area contributed by atoms with E-state index in [9.17, 15) is 5.11 Å². The maximum atomic E-state index is 9.42. The number of aliphatic hydroxyl groups excluding tert-OH is 2. The predicted molar refractivity (Wildman–Crippen MR) is 66.7 cm³/mol. The quantitative estimate of drug-likeness (QED) is 0.445. The Labute approximate surface area is 96.8 Å². The summed E-state index contributed by atoms with van der Waals surface area (Å²) in [5.74, 6) is 0. The van der Waals surface area contributed by atoms with E-state index in [0.29, 0.717) is 11.5 Å². The second kappa shape index (κ2) is 8.13. The normalized spacial score (nSPS) is 14.9. The smallest absolute Gasteiger partial charge is 0.0647 e. The molecule has 0 aliphatic carbocycles. The minimum absolute atomic E-state index is 0.0836. The summed E-state index contributed by atoms with van der Waals surface area (Å²) in [6.07, 6.45) is 4.05. The zero-order chi connectivity index (χ0) is 11.7. The molecule has 0 aromatic heterocycles. The van der Waals surface area contributed by atoms with Crippen LogP contribution in [0.5, 0.6) is 0 Å². The first-order chi connectivity index (χ1) is 7.14. The number of thioether (sulfide) groups is 1. The molecule has 90 valence electrons. The van der Waals surface area contributed by atoms with Crippen LogP contribution >= 0.6 is 11.8 Å². The number of hydrogen-bond acceptors (Lipinski definition) is 4. The maximum Gasteiger partial charge on any atom is 0.0647 e. The molecule has 1 atom stereocenters. The van der Waals surface area contributed by atoms with Gasteiger partial charge in [0.25, 0.3) is 0 Å². The Morgan fingerprint density at radius 3 is 2.40 bits per heavy atom. The Morgan fingerprint density at radius 2 is 2.00 bits per heavy atom. The molecule has 0 aliphatic rings. The summed E-state index contributed by atoms with van der Waals surface area (Å²) in [5.41, 5.74) is 0. The number of hydrogen-bond donors (Lipinski definition) is 3. The molecule has 0 spiro atoms. The molecule has 0 aliphatic heterocycles. The molecule has 0 rings (SSSR count). The molecular formula is C11H23NO2S. The van der Waals surface area contributed by atoms with Gasteiger partial charge in [0.1, 0.15) is 0 Å². The lowest BCUT2D eigenvalue weighted by Gasteiger charge is -2.30. The standard InChI is InChI=1S/C11H23NO2S/c1-3-6-10(12)15-11(4-2,9-14)7-5-8-13/h12-14H,3-9H2,1-2H3. The van der Waals surface area contributed by atoms with Crippen LogP contribution < -0.4 is 0 Å². The first-order valence-electron chi connectivity index (χ1n) is 5.62. The molecule has 0 saturated carbocycles. The fourth-order valence-corrected chi connectivity index (χ4v) is 2.75. The van der Waals surface area contributed by atoms with E-state index in [1.807, 2.05) is 6.92 Å². The molecule has 0 saturated heterocycles. The highest BCUT2D eigenvalue weighted by molar-refractivity contribution is 8.15. The van der Waals surface area contributed by atoms with Crippen molar-refractivity contribution in [2.24, 2.45) is 0 Å². The molecule has 1 unspecified atom stereocenters. The van der Waals surface area contributed by atoms with E-state index in [1.54, 1.807) is 0 Å². The molecule has 0 radical (unpaired) electrons. The molecule has 0 bridgehead atoms. The minimum atomic E-state index is -0.255. The van der Waals surface area contributed by atoms with E-state index in [-0.39, 0.29) is 18.0 Å². The maximum absolute atomic E-state index is 9.42. The van der Waals surface area contributed by atoms with Crippen molar-refractivity contribution < 1.29 is 10.2 Å². The van der Waals surface area contributed by atoms with Crippen LogP contribution in [0.1, 0.15) is 46.0 Å². The summed E-state index contributed by atoms with van der Waals surface area (Å²) in [6.45, 7) is 4.32.